The van der Waals surface area contributed by atoms with Gasteiger partial charge >= 0.3 is 0 Å². The molecule has 0 aliphatic rings. The summed E-state index contributed by atoms with van der Waals surface area (Å²) in [6.45, 7) is 2.06. The van der Waals surface area contributed by atoms with Crippen LogP contribution in [0.1, 0.15) is 29.2 Å². The highest BCUT2D eigenvalue weighted by atomic mass is 15.1. The summed E-state index contributed by atoms with van der Waals surface area (Å²) in [6.07, 6.45) is 8.52. The smallest absolute Gasteiger partial charge is 0.224 e. The van der Waals surface area contributed by atoms with E-state index in [1.165, 1.54) is 11.1 Å². The molecule has 4 N–H and O–H groups in total. The van der Waals surface area contributed by atoms with Gasteiger partial charge in [0, 0.05) is 12.3 Å². The van der Waals surface area contributed by atoms with Gasteiger partial charge in [-0.1, -0.05) is 29.8 Å². The van der Waals surface area contributed by atoms with E-state index in [-0.39, 0.29) is 17.7 Å². The van der Waals surface area contributed by atoms with Crippen molar-refractivity contribution in [1.82, 2.24) is 19.9 Å². The Kier molecular flexibility index (Phi) is 4.25. The molecule has 1 atom stereocenters. The summed E-state index contributed by atoms with van der Waals surface area (Å²) in [4.78, 5) is 16.8. The minimum atomic E-state index is 0.0897. The highest BCUT2D eigenvalue weighted by Gasteiger charge is 2.14. The molecule has 0 aliphatic heterocycles. The van der Waals surface area contributed by atoms with Crippen molar-refractivity contribution in [2.75, 3.05) is 11.5 Å². The lowest BCUT2D eigenvalue weighted by Crippen LogP contribution is -2.07. The summed E-state index contributed by atoms with van der Waals surface area (Å²) in [5, 5.41) is 0. The molecule has 0 aliphatic carbocycles. The third-order valence-corrected chi connectivity index (χ3v) is 3.87. The number of nitrogen functional groups attached to an aromatic ring is 2. The van der Waals surface area contributed by atoms with Crippen LogP contribution in [0, 0.1) is 19.3 Å². The van der Waals surface area contributed by atoms with E-state index in [9.17, 15) is 0 Å². The normalized spacial score (nSPS) is 12.0. The van der Waals surface area contributed by atoms with Gasteiger partial charge in [-0.2, -0.15) is 9.97 Å². The van der Waals surface area contributed by atoms with Gasteiger partial charge in [-0.15, -0.1) is 12.3 Å². The molecule has 3 rings (SSSR count). The van der Waals surface area contributed by atoms with Gasteiger partial charge in [0.1, 0.15) is 0 Å². The molecule has 0 spiro atoms. The Labute approximate surface area is 140 Å². The maximum Gasteiger partial charge on any atom is 0.224 e. The quantitative estimate of drug-likeness (QED) is 0.715. The van der Waals surface area contributed by atoms with Crippen LogP contribution in [0.25, 0.3) is 11.2 Å². The molecule has 1 unspecified atom stereocenters. The molecular formula is C18H18N6. The summed E-state index contributed by atoms with van der Waals surface area (Å²) >= 11 is 0. The van der Waals surface area contributed by atoms with E-state index < -0.39 is 0 Å². The molecule has 0 saturated heterocycles. The van der Waals surface area contributed by atoms with Crippen molar-refractivity contribution in [2.45, 2.75) is 25.7 Å². The van der Waals surface area contributed by atoms with Gasteiger partial charge in [-0.05, 0) is 18.9 Å². The Morgan fingerprint density at radius 2 is 1.88 bits per heavy atom. The molecule has 0 bridgehead atoms. The minimum Gasteiger partial charge on any atom is -0.382 e. The van der Waals surface area contributed by atoms with Crippen LogP contribution >= 0.6 is 0 Å². The Hall–Kier alpha value is -3.20. The number of anilines is 2. The first-order chi connectivity index (χ1) is 11.6. The zero-order chi connectivity index (χ0) is 17.1. The van der Waals surface area contributed by atoms with E-state index in [0.717, 1.165) is 5.69 Å². The number of aryl methyl sites for hydroxylation is 1. The van der Waals surface area contributed by atoms with E-state index in [1.807, 2.05) is 0 Å². The van der Waals surface area contributed by atoms with E-state index >= 15 is 0 Å². The summed E-state index contributed by atoms with van der Waals surface area (Å²) in [6, 6.07) is 8.37. The monoisotopic (exact) mass is 318 g/mol. The Morgan fingerprint density at radius 3 is 2.58 bits per heavy atom. The first kappa shape index (κ1) is 15.7. The van der Waals surface area contributed by atoms with Crippen molar-refractivity contribution in [3.63, 3.8) is 0 Å². The third kappa shape index (κ3) is 3.25. The topological polar surface area (TPSA) is 104 Å². The van der Waals surface area contributed by atoms with Crippen molar-refractivity contribution in [1.29, 1.82) is 0 Å². The van der Waals surface area contributed by atoms with Crippen LogP contribution < -0.4 is 11.5 Å². The zero-order valence-corrected chi connectivity index (χ0v) is 13.4. The van der Waals surface area contributed by atoms with Crippen LogP contribution in [-0.2, 0) is 6.42 Å². The molecule has 2 heterocycles. The minimum absolute atomic E-state index is 0.0897. The number of terminal acetylenes is 1. The summed E-state index contributed by atoms with van der Waals surface area (Å²) < 4.78 is 0. The molecule has 0 saturated carbocycles. The fraction of sp³-hybridized carbons (Fsp3) is 0.222. The summed E-state index contributed by atoms with van der Waals surface area (Å²) in [7, 11) is 0. The molecule has 6 heteroatoms. The molecule has 24 heavy (non-hydrogen) atoms. The van der Waals surface area contributed by atoms with Crippen molar-refractivity contribution in [3.8, 4) is 12.3 Å². The van der Waals surface area contributed by atoms with E-state index in [0.29, 0.717) is 24.0 Å². The van der Waals surface area contributed by atoms with Gasteiger partial charge in [0.15, 0.2) is 17.0 Å². The number of benzene rings is 1. The molecule has 0 fully saturated rings. The average Bonchev–Trinajstić information content (AvgIpc) is 2.56. The van der Waals surface area contributed by atoms with Gasteiger partial charge in [0.2, 0.25) is 5.95 Å². The SMILES string of the molecule is C#CCC(Cc1cnc2nc(N)nc(N)c2n1)c1ccc(C)cc1. The number of nitrogens with two attached hydrogens (primary N) is 2. The van der Waals surface area contributed by atoms with Gasteiger partial charge in [0.05, 0.1) is 11.9 Å². The van der Waals surface area contributed by atoms with E-state index in [2.05, 4.69) is 57.0 Å². The molecule has 2 aromatic heterocycles. The van der Waals surface area contributed by atoms with Gasteiger partial charge in [0.25, 0.3) is 0 Å². The number of fused-ring (bicyclic) bond motifs is 1. The number of rotatable bonds is 4. The van der Waals surface area contributed by atoms with Crippen molar-refractivity contribution < 1.29 is 0 Å². The first-order valence-corrected chi connectivity index (χ1v) is 7.61. The van der Waals surface area contributed by atoms with Crippen LogP contribution in [0.5, 0.6) is 0 Å². The molecule has 1 aromatic carbocycles. The van der Waals surface area contributed by atoms with Crippen LogP contribution in [0.3, 0.4) is 0 Å². The Balaban J connectivity index is 1.94. The van der Waals surface area contributed by atoms with E-state index in [1.54, 1.807) is 6.20 Å². The lowest BCUT2D eigenvalue weighted by molar-refractivity contribution is 0.692. The Morgan fingerprint density at radius 1 is 1.12 bits per heavy atom. The lowest BCUT2D eigenvalue weighted by atomic mass is 9.91. The molecule has 0 amide bonds. The number of hydrogen-bond donors (Lipinski definition) is 2. The molecule has 6 nitrogen and oxygen atoms in total. The number of hydrogen-bond acceptors (Lipinski definition) is 6. The fourth-order valence-electron chi connectivity index (χ4n) is 2.62. The van der Waals surface area contributed by atoms with Gasteiger partial charge in [-0.25, -0.2) is 9.97 Å². The molecular weight excluding hydrogens is 300 g/mol. The molecule has 3 aromatic rings. The fourth-order valence-corrected chi connectivity index (χ4v) is 2.62. The van der Waals surface area contributed by atoms with Crippen molar-refractivity contribution >= 4 is 22.9 Å². The van der Waals surface area contributed by atoms with Crippen molar-refractivity contribution in [3.05, 3.63) is 47.3 Å². The lowest BCUT2D eigenvalue weighted by Gasteiger charge is -2.15. The second kappa shape index (κ2) is 6.50. The average molecular weight is 318 g/mol. The highest BCUT2D eigenvalue weighted by molar-refractivity contribution is 5.81. The Bertz CT molecular complexity index is 911. The predicted molar refractivity (Wildman–Crippen MR) is 95.0 cm³/mol. The second-order valence-electron chi connectivity index (χ2n) is 5.72. The largest absolute Gasteiger partial charge is 0.382 e. The predicted octanol–water partition coefficient (Wildman–Crippen LogP) is 2.24. The second-order valence-corrected chi connectivity index (χ2v) is 5.72. The van der Waals surface area contributed by atoms with Gasteiger partial charge in [-0.3, -0.25) is 0 Å². The van der Waals surface area contributed by atoms with Gasteiger partial charge < -0.3 is 11.5 Å². The third-order valence-electron chi connectivity index (χ3n) is 3.87. The van der Waals surface area contributed by atoms with E-state index in [4.69, 9.17) is 17.9 Å². The maximum atomic E-state index is 5.88. The maximum absolute atomic E-state index is 5.88. The number of aromatic nitrogens is 4. The summed E-state index contributed by atoms with van der Waals surface area (Å²) in [5.41, 5.74) is 15.5. The molecule has 120 valence electrons. The standard InChI is InChI=1S/C18H18N6/c1-3-4-13(12-7-5-11(2)6-8-12)9-14-10-21-17-15(22-14)16(19)23-18(20)24-17/h1,5-8,10,13H,4,9H2,2H3,(H4,19,20,21,23,24). The van der Waals surface area contributed by atoms with Crippen molar-refractivity contribution in [2.24, 2.45) is 0 Å². The van der Waals surface area contributed by atoms with Crippen LogP contribution in [0.4, 0.5) is 11.8 Å². The first-order valence-electron chi connectivity index (χ1n) is 7.61. The highest BCUT2D eigenvalue weighted by Crippen LogP contribution is 2.25. The van der Waals surface area contributed by atoms with Crippen LogP contribution in [0.15, 0.2) is 30.5 Å². The zero-order valence-electron chi connectivity index (χ0n) is 13.4. The van der Waals surface area contributed by atoms with Crippen LogP contribution in [0.2, 0.25) is 0 Å². The van der Waals surface area contributed by atoms with Crippen LogP contribution in [-0.4, -0.2) is 19.9 Å². The molecule has 0 radical (unpaired) electrons. The number of nitrogens with zero attached hydrogens (tertiary/aromatic N) is 4. The summed E-state index contributed by atoms with van der Waals surface area (Å²) in [5.74, 6) is 3.23.